The number of rotatable bonds is 8. The maximum absolute atomic E-state index is 13.4. The number of alkyl halides is 3. The largest absolute Gasteiger partial charge is 0.416 e. The molecule has 0 fully saturated rings. The fourth-order valence-electron chi connectivity index (χ4n) is 4.52. The summed E-state index contributed by atoms with van der Waals surface area (Å²) < 4.78 is 41.9. The summed E-state index contributed by atoms with van der Waals surface area (Å²) in [7, 11) is 0. The van der Waals surface area contributed by atoms with Gasteiger partial charge in [-0.25, -0.2) is 4.68 Å². The number of halogens is 3. The Hall–Kier alpha value is -3.52. The minimum absolute atomic E-state index is 0.417. The number of aromatic nitrogens is 4. The van der Waals surface area contributed by atoms with Crippen molar-refractivity contribution in [3.63, 3.8) is 0 Å². The molecule has 0 bridgehead atoms. The van der Waals surface area contributed by atoms with Crippen LogP contribution in [0, 0.1) is 0 Å². The first-order valence-electron chi connectivity index (χ1n) is 12.8. The van der Waals surface area contributed by atoms with E-state index in [1.807, 2.05) is 51.1 Å². The molecule has 0 amide bonds. The lowest BCUT2D eigenvalue weighted by molar-refractivity contribution is -0.137. The number of hydrogen-bond donors (Lipinski definition) is 0. The molecule has 8 heteroatoms. The van der Waals surface area contributed by atoms with Gasteiger partial charge in [-0.3, -0.25) is 4.90 Å². The van der Waals surface area contributed by atoms with E-state index in [2.05, 4.69) is 58.5 Å². The van der Waals surface area contributed by atoms with Crippen LogP contribution in [0.3, 0.4) is 0 Å². The summed E-state index contributed by atoms with van der Waals surface area (Å²) >= 11 is 0. The van der Waals surface area contributed by atoms with Crippen LogP contribution in [0.5, 0.6) is 0 Å². The molecule has 1 unspecified atom stereocenters. The lowest BCUT2D eigenvalue weighted by Crippen LogP contribution is -2.35. The van der Waals surface area contributed by atoms with Crippen LogP contribution in [0.2, 0.25) is 0 Å². The molecule has 0 aliphatic heterocycles. The second-order valence-corrected chi connectivity index (χ2v) is 10.9. The zero-order chi connectivity index (χ0) is 27.5. The summed E-state index contributed by atoms with van der Waals surface area (Å²) in [4.78, 5) is 2.22. The summed E-state index contributed by atoms with van der Waals surface area (Å²) in [5.74, 6) is 0.993. The van der Waals surface area contributed by atoms with Crippen molar-refractivity contribution >= 4 is 0 Å². The van der Waals surface area contributed by atoms with Crippen molar-refractivity contribution in [1.82, 2.24) is 25.1 Å². The highest BCUT2D eigenvalue weighted by atomic mass is 19.4. The highest BCUT2D eigenvalue weighted by molar-refractivity contribution is 5.32. The molecular formula is C30H34F3N5. The fraction of sp³-hybridized carbons (Fsp3) is 0.367. The number of benzene rings is 3. The van der Waals surface area contributed by atoms with Gasteiger partial charge in [-0.2, -0.15) is 13.2 Å². The van der Waals surface area contributed by atoms with Crippen LogP contribution in [0.25, 0.3) is 0 Å². The van der Waals surface area contributed by atoms with Gasteiger partial charge in [0.2, 0.25) is 0 Å². The summed E-state index contributed by atoms with van der Waals surface area (Å²) in [6, 6.07) is 23.4. The Labute approximate surface area is 222 Å². The lowest BCUT2D eigenvalue weighted by atomic mass is 9.98. The van der Waals surface area contributed by atoms with E-state index >= 15 is 0 Å². The monoisotopic (exact) mass is 521 g/mol. The molecule has 0 spiro atoms. The standard InChI is InChI=1S/C30H34F3N5/c1-21(2)24-13-11-23(12-14-24)20-37(19-22-9-7-6-8-10-22)27(28-34-35-36-38(28)29(3,4)5)25-15-17-26(18-16-25)30(31,32)33/h6-18,21,27H,19-20H2,1-5H3. The minimum atomic E-state index is -4.41. The van der Waals surface area contributed by atoms with Gasteiger partial charge in [-0.05, 0) is 71.5 Å². The topological polar surface area (TPSA) is 46.8 Å². The molecule has 0 radical (unpaired) electrons. The van der Waals surface area contributed by atoms with Gasteiger partial charge in [0.05, 0.1) is 17.1 Å². The molecule has 1 atom stereocenters. The average Bonchev–Trinajstić information content (AvgIpc) is 3.35. The van der Waals surface area contributed by atoms with Gasteiger partial charge in [0.25, 0.3) is 0 Å². The molecule has 1 aromatic heterocycles. The van der Waals surface area contributed by atoms with E-state index in [9.17, 15) is 13.2 Å². The van der Waals surface area contributed by atoms with Crippen LogP contribution < -0.4 is 0 Å². The van der Waals surface area contributed by atoms with Crippen molar-refractivity contribution in [2.45, 2.75) is 71.4 Å². The third kappa shape index (κ3) is 6.48. The van der Waals surface area contributed by atoms with E-state index in [4.69, 9.17) is 0 Å². The SMILES string of the molecule is CC(C)c1ccc(CN(Cc2ccccc2)C(c2ccc(C(F)(F)F)cc2)c2nnnn2C(C)(C)C)cc1. The zero-order valence-corrected chi connectivity index (χ0v) is 22.4. The molecule has 1 heterocycles. The molecule has 4 rings (SSSR count). The third-order valence-corrected chi connectivity index (χ3v) is 6.55. The predicted molar refractivity (Wildman–Crippen MR) is 142 cm³/mol. The van der Waals surface area contributed by atoms with Gasteiger partial charge in [-0.15, -0.1) is 5.10 Å². The van der Waals surface area contributed by atoms with Gasteiger partial charge in [0.15, 0.2) is 5.82 Å². The van der Waals surface area contributed by atoms with Gasteiger partial charge in [0.1, 0.15) is 0 Å². The summed E-state index contributed by atoms with van der Waals surface area (Å²) in [6.07, 6.45) is -4.41. The van der Waals surface area contributed by atoms with Crippen LogP contribution in [-0.2, 0) is 24.8 Å². The summed E-state index contributed by atoms with van der Waals surface area (Å²) in [5, 5.41) is 12.7. The quantitative estimate of drug-likeness (QED) is 0.243. The molecule has 4 aromatic rings. The summed E-state index contributed by atoms with van der Waals surface area (Å²) in [6.45, 7) is 11.4. The van der Waals surface area contributed by atoms with E-state index in [0.29, 0.717) is 30.4 Å². The maximum Gasteiger partial charge on any atom is 0.416 e. The van der Waals surface area contributed by atoms with Gasteiger partial charge < -0.3 is 0 Å². The van der Waals surface area contributed by atoms with Crippen molar-refractivity contribution in [2.75, 3.05) is 0 Å². The average molecular weight is 522 g/mol. The smallest absolute Gasteiger partial charge is 0.281 e. The molecule has 3 aromatic carbocycles. The molecule has 0 saturated carbocycles. The van der Waals surface area contributed by atoms with Crippen molar-refractivity contribution < 1.29 is 13.2 Å². The molecule has 0 saturated heterocycles. The third-order valence-electron chi connectivity index (χ3n) is 6.55. The van der Waals surface area contributed by atoms with Crippen LogP contribution in [0.15, 0.2) is 78.9 Å². The summed E-state index contributed by atoms with van der Waals surface area (Å²) in [5.41, 5.74) is 3.00. The number of tetrazole rings is 1. The molecule has 5 nitrogen and oxygen atoms in total. The first-order chi connectivity index (χ1) is 17.9. The van der Waals surface area contributed by atoms with E-state index < -0.39 is 23.3 Å². The molecule has 0 aliphatic rings. The number of hydrogen-bond acceptors (Lipinski definition) is 4. The van der Waals surface area contributed by atoms with Crippen LogP contribution in [0.1, 0.15) is 80.2 Å². The Kier molecular flexibility index (Phi) is 8.02. The lowest BCUT2D eigenvalue weighted by Gasteiger charge is -2.33. The molecule has 38 heavy (non-hydrogen) atoms. The molecule has 0 N–H and O–H groups in total. The van der Waals surface area contributed by atoms with E-state index in [1.54, 1.807) is 4.68 Å². The van der Waals surface area contributed by atoms with E-state index in [0.717, 1.165) is 23.3 Å². The van der Waals surface area contributed by atoms with Gasteiger partial charge in [-0.1, -0.05) is 80.6 Å². The molecule has 0 aliphatic carbocycles. The minimum Gasteiger partial charge on any atom is -0.281 e. The van der Waals surface area contributed by atoms with Gasteiger partial charge in [0, 0.05) is 13.1 Å². The Morgan fingerprint density at radius 2 is 1.32 bits per heavy atom. The van der Waals surface area contributed by atoms with Crippen molar-refractivity contribution in [1.29, 1.82) is 0 Å². The van der Waals surface area contributed by atoms with Crippen molar-refractivity contribution in [3.8, 4) is 0 Å². The van der Waals surface area contributed by atoms with Crippen LogP contribution in [0.4, 0.5) is 13.2 Å². The second-order valence-electron chi connectivity index (χ2n) is 10.9. The first kappa shape index (κ1) is 27.5. The highest BCUT2D eigenvalue weighted by Crippen LogP contribution is 2.35. The second kappa shape index (κ2) is 11.1. The Morgan fingerprint density at radius 1 is 0.763 bits per heavy atom. The van der Waals surface area contributed by atoms with Crippen molar-refractivity contribution in [2.24, 2.45) is 0 Å². The van der Waals surface area contributed by atoms with Gasteiger partial charge >= 0.3 is 6.18 Å². The normalized spacial score (nSPS) is 13.3. The van der Waals surface area contributed by atoms with Crippen molar-refractivity contribution in [3.05, 3.63) is 113 Å². The Morgan fingerprint density at radius 3 is 1.84 bits per heavy atom. The molecule has 200 valence electrons. The van der Waals surface area contributed by atoms with Crippen LogP contribution >= 0.6 is 0 Å². The van der Waals surface area contributed by atoms with E-state index in [-0.39, 0.29) is 0 Å². The highest BCUT2D eigenvalue weighted by Gasteiger charge is 2.34. The first-order valence-corrected chi connectivity index (χ1v) is 12.8. The van der Waals surface area contributed by atoms with Crippen LogP contribution in [-0.4, -0.2) is 25.1 Å². The Balaban J connectivity index is 1.84. The predicted octanol–water partition coefficient (Wildman–Crippen LogP) is 7.36. The fourth-order valence-corrected chi connectivity index (χ4v) is 4.52. The Bertz CT molecular complexity index is 1310. The molecular weight excluding hydrogens is 487 g/mol. The van der Waals surface area contributed by atoms with E-state index in [1.165, 1.54) is 17.7 Å². The number of nitrogens with zero attached hydrogens (tertiary/aromatic N) is 5. The maximum atomic E-state index is 13.4. The zero-order valence-electron chi connectivity index (χ0n) is 22.4.